The Morgan fingerprint density at radius 1 is 0.826 bits per heavy atom. The summed E-state index contributed by atoms with van der Waals surface area (Å²) < 4.78 is 0. The van der Waals surface area contributed by atoms with Gasteiger partial charge in [-0.05, 0) is 35.7 Å². The van der Waals surface area contributed by atoms with Gasteiger partial charge in [0.1, 0.15) is 0 Å². The molecule has 2 aromatic heterocycles. The van der Waals surface area contributed by atoms with Crippen LogP contribution in [-0.4, -0.2) is 11.2 Å². The summed E-state index contributed by atoms with van der Waals surface area (Å²) in [4.78, 5) is 10.4. The zero-order valence-corrected chi connectivity index (χ0v) is 13.2. The molecule has 0 aliphatic carbocycles. The lowest BCUT2D eigenvalue weighted by Crippen LogP contribution is -1.84. The molecule has 0 fully saturated rings. The second-order valence-electron chi connectivity index (χ2n) is 5.21. The Bertz CT molecular complexity index is 955. The fourth-order valence-corrected chi connectivity index (χ4v) is 3.03. The first-order valence-corrected chi connectivity index (χ1v) is 8.30. The first kappa shape index (κ1) is 13.9. The lowest BCUT2D eigenvalue weighted by Gasteiger charge is -2.03. The Morgan fingerprint density at radius 2 is 1.70 bits per heavy atom. The van der Waals surface area contributed by atoms with Gasteiger partial charge in [0.05, 0.1) is 16.9 Å². The largest absolute Gasteiger partial charge is 0.255 e. The Morgan fingerprint density at radius 3 is 2.52 bits per heavy atom. The molecule has 0 saturated heterocycles. The number of nitrogens with zero attached hydrogens (tertiary/aromatic N) is 2. The SMILES string of the molecule is C(=Nc1ccc(-c2ccc3ccccc3n2)cc1)c1cccs1. The standard InChI is InChI=1S/C20H14N2S/c1-2-6-19-15(4-1)9-12-20(22-19)16-7-10-17(11-8-16)21-14-18-5-3-13-23-18/h1-14H. The summed E-state index contributed by atoms with van der Waals surface area (Å²) in [5.74, 6) is 0. The first-order valence-electron chi connectivity index (χ1n) is 7.42. The molecule has 0 unspecified atom stereocenters. The van der Waals surface area contributed by atoms with Gasteiger partial charge in [0.25, 0.3) is 0 Å². The molecule has 0 aliphatic rings. The smallest absolute Gasteiger partial charge is 0.0709 e. The minimum absolute atomic E-state index is 0.947. The molecule has 0 atom stereocenters. The number of hydrogen-bond donors (Lipinski definition) is 0. The van der Waals surface area contributed by atoms with Gasteiger partial charge in [-0.3, -0.25) is 4.99 Å². The maximum absolute atomic E-state index is 4.73. The molecule has 110 valence electrons. The zero-order valence-electron chi connectivity index (χ0n) is 12.4. The van der Waals surface area contributed by atoms with E-state index < -0.39 is 0 Å². The van der Waals surface area contributed by atoms with E-state index in [1.54, 1.807) is 11.3 Å². The monoisotopic (exact) mass is 314 g/mol. The Kier molecular flexibility index (Phi) is 3.70. The first-order chi connectivity index (χ1) is 11.4. The van der Waals surface area contributed by atoms with E-state index in [2.05, 4.69) is 46.8 Å². The predicted octanol–water partition coefficient (Wildman–Crippen LogP) is 5.71. The van der Waals surface area contributed by atoms with Crippen LogP contribution in [0.15, 0.2) is 83.2 Å². The number of para-hydroxylation sites is 1. The number of hydrogen-bond acceptors (Lipinski definition) is 3. The van der Waals surface area contributed by atoms with Gasteiger partial charge < -0.3 is 0 Å². The Balaban J connectivity index is 1.61. The third-order valence-corrected chi connectivity index (χ3v) is 4.45. The number of aliphatic imine (C=N–C) groups is 1. The number of thiophene rings is 1. The van der Waals surface area contributed by atoms with E-state index in [0.717, 1.165) is 32.7 Å². The van der Waals surface area contributed by atoms with Crippen LogP contribution in [0.4, 0.5) is 5.69 Å². The summed E-state index contributed by atoms with van der Waals surface area (Å²) in [6, 6.07) is 24.6. The molecule has 23 heavy (non-hydrogen) atoms. The molecule has 0 spiro atoms. The average Bonchev–Trinajstić information content (AvgIpc) is 3.14. The highest BCUT2D eigenvalue weighted by Gasteiger charge is 2.01. The van der Waals surface area contributed by atoms with E-state index in [0.29, 0.717) is 0 Å². The van der Waals surface area contributed by atoms with Crippen molar-refractivity contribution >= 4 is 34.1 Å². The number of benzene rings is 2. The number of aromatic nitrogens is 1. The van der Waals surface area contributed by atoms with Crippen molar-refractivity contribution in [1.29, 1.82) is 0 Å². The fourth-order valence-electron chi connectivity index (χ4n) is 2.45. The van der Waals surface area contributed by atoms with Gasteiger partial charge in [-0.1, -0.05) is 42.5 Å². The van der Waals surface area contributed by atoms with Crippen LogP contribution in [0.25, 0.3) is 22.2 Å². The maximum atomic E-state index is 4.73. The highest BCUT2D eigenvalue weighted by molar-refractivity contribution is 7.11. The van der Waals surface area contributed by atoms with E-state index in [1.807, 2.05) is 42.6 Å². The van der Waals surface area contributed by atoms with E-state index in [9.17, 15) is 0 Å². The van der Waals surface area contributed by atoms with E-state index in [1.165, 1.54) is 0 Å². The molecule has 3 heteroatoms. The van der Waals surface area contributed by atoms with Crippen LogP contribution in [0.5, 0.6) is 0 Å². The molecule has 0 bridgehead atoms. The van der Waals surface area contributed by atoms with Gasteiger partial charge in [0.2, 0.25) is 0 Å². The van der Waals surface area contributed by atoms with Crippen molar-refractivity contribution in [2.45, 2.75) is 0 Å². The maximum Gasteiger partial charge on any atom is 0.0709 e. The van der Waals surface area contributed by atoms with E-state index in [4.69, 9.17) is 4.98 Å². The highest BCUT2D eigenvalue weighted by Crippen LogP contribution is 2.23. The summed E-state index contributed by atoms with van der Waals surface area (Å²) in [7, 11) is 0. The Hall–Kier alpha value is -2.78. The van der Waals surface area contributed by atoms with Crippen molar-refractivity contribution in [3.63, 3.8) is 0 Å². The fraction of sp³-hybridized carbons (Fsp3) is 0. The molecular weight excluding hydrogens is 300 g/mol. The third kappa shape index (κ3) is 3.05. The van der Waals surface area contributed by atoms with Crippen LogP contribution < -0.4 is 0 Å². The van der Waals surface area contributed by atoms with Crippen LogP contribution in [0.2, 0.25) is 0 Å². The third-order valence-electron chi connectivity index (χ3n) is 3.65. The molecule has 4 rings (SSSR count). The number of pyridine rings is 1. The second kappa shape index (κ2) is 6.15. The molecule has 0 radical (unpaired) electrons. The lowest BCUT2D eigenvalue weighted by molar-refractivity contribution is 1.39. The van der Waals surface area contributed by atoms with Crippen molar-refractivity contribution in [3.8, 4) is 11.3 Å². The second-order valence-corrected chi connectivity index (χ2v) is 6.19. The quantitative estimate of drug-likeness (QED) is 0.444. The summed E-state index contributed by atoms with van der Waals surface area (Å²) in [6.07, 6.45) is 1.90. The van der Waals surface area contributed by atoms with Crippen molar-refractivity contribution < 1.29 is 0 Å². The van der Waals surface area contributed by atoms with E-state index in [-0.39, 0.29) is 0 Å². The van der Waals surface area contributed by atoms with Gasteiger partial charge in [0, 0.05) is 22.0 Å². The minimum atomic E-state index is 0.947. The van der Waals surface area contributed by atoms with E-state index >= 15 is 0 Å². The molecule has 2 heterocycles. The molecule has 2 nitrogen and oxygen atoms in total. The summed E-state index contributed by atoms with van der Waals surface area (Å²) in [5.41, 5.74) is 4.05. The number of rotatable bonds is 3. The summed E-state index contributed by atoms with van der Waals surface area (Å²) >= 11 is 1.68. The van der Waals surface area contributed by atoms with Gasteiger partial charge >= 0.3 is 0 Å². The van der Waals surface area contributed by atoms with Crippen LogP contribution in [0.1, 0.15) is 4.88 Å². The van der Waals surface area contributed by atoms with Crippen molar-refractivity contribution in [2.75, 3.05) is 0 Å². The zero-order chi connectivity index (χ0) is 15.5. The van der Waals surface area contributed by atoms with Crippen molar-refractivity contribution in [3.05, 3.63) is 83.1 Å². The lowest BCUT2D eigenvalue weighted by atomic mass is 10.1. The molecule has 0 aliphatic heterocycles. The predicted molar refractivity (Wildman–Crippen MR) is 98.8 cm³/mol. The highest BCUT2D eigenvalue weighted by atomic mass is 32.1. The minimum Gasteiger partial charge on any atom is -0.255 e. The van der Waals surface area contributed by atoms with Crippen LogP contribution in [0.3, 0.4) is 0 Å². The summed E-state index contributed by atoms with van der Waals surface area (Å²) in [5, 5.41) is 3.21. The molecule has 4 aromatic rings. The normalized spacial score (nSPS) is 11.3. The topological polar surface area (TPSA) is 25.2 Å². The van der Waals surface area contributed by atoms with Gasteiger partial charge in [-0.2, -0.15) is 0 Å². The molecule has 0 N–H and O–H groups in total. The Labute approximate surface area is 138 Å². The van der Waals surface area contributed by atoms with Gasteiger partial charge in [-0.25, -0.2) is 4.98 Å². The molecule has 0 amide bonds. The molecular formula is C20H14N2S. The molecule has 0 saturated carbocycles. The molecule has 2 aromatic carbocycles. The van der Waals surface area contributed by atoms with Crippen LogP contribution in [0, 0.1) is 0 Å². The number of fused-ring (bicyclic) bond motifs is 1. The van der Waals surface area contributed by atoms with Crippen LogP contribution in [-0.2, 0) is 0 Å². The average molecular weight is 314 g/mol. The van der Waals surface area contributed by atoms with Crippen LogP contribution >= 0.6 is 11.3 Å². The van der Waals surface area contributed by atoms with Crippen molar-refractivity contribution in [2.24, 2.45) is 4.99 Å². The van der Waals surface area contributed by atoms with Gasteiger partial charge in [-0.15, -0.1) is 11.3 Å². The summed E-state index contributed by atoms with van der Waals surface area (Å²) in [6.45, 7) is 0. The van der Waals surface area contributed by atoms with Gasteiger partial charge in [0.15, 0.2) is 0 Å². The van der Waals surface area contributed by atoms with Crippen molar-refractivity contribution in [1.82, 2.24) is 4.98 Å².